The Bertz CT molecular complexity index is 1420. The van der Waals surface area contributed by atoms with E-state index in [1.54, 1.807) is 22.8 Å². The van der Waals surface area contributed by atoms with Gasteiger partial charge in [0.2, 0.25) is 11.8 Å². The Hall–Kier alpha value is -3.45. The molecular formula is C24H27F3N8O2. The third kappa shape index (κ3) is 4.25. The summed E-state index contributed by atoms with van der Waals surface area (Å²) in [5.41, 5.74) is 3.12. The van der Waals surface area contributed by atoms with E-state index in [1.165, 1.54) is 18.7 Å². The summed E-state index contributed by atoms with van der Waals surface area (Å²) < 4.78 is 55.3. The van der Waals surface area contributed by atoms with Gasteiger partial charge in [0, 0.05) is 24.8 Å². The molecule has 13 heteroatoms. The second-order valence-electron chi connectivity index (χ2n) is 9.52. The van der Waals surface area contributed by atoms with Crippen LogP contribution in [-0.2, 0) is 4.74 Å². The summed E-state index contributed by atoms with van der Waals surface area (Å²) in [6.07, 6.45) is -1.27. The Morgan fingerprint density at radius 3 is 2.76 bits per heavy atom. The number of methoxy groups -OCH3 is 1. The molecule has 4 aromatic rings. The van der Waals surface area contributed by atoms with Gasteiger partial charge in [0.25, 0.3) is 6.43 Å². The standard InChI is InChI=1S/C24H27F3N8O2/c1-13(22(26)27)35-20-9-14(3-4-19(20)30-32-35)16-5-8-34-21(16)23(36-2)29-24(31-34)28-18-6-7-33(10-17(18)25)15-11-37-12-15/h3-5,8-9,13,15,17-18,22H,6-7,10-12H2,1-2H3,(H,28,31)/t13-,17+,18-/m0/s1. The Kier molecular flexibility index (Phi) is 6.11. The number of halogens is 3. The van der Waals surface area contributed by atoms with Gasteiger partial charge in [-0.25, -0.2) is 22.4 Å². The molecule has 1 aromatic carbocycles. The van der Waals surface area contributed by atoms with Crippen molar-refractivity contribution in [3.63, 3.8) is 0 Å². The van der Waals surface area contributed by atoms with Crippen molar-refractivity contribution in [1.82, 2.24) is 34.5 Å². The number of piperidine rings is 1. The normalized spacial score (nSPS) is 22.0. The van der Waals surface area contributed by atoms with E-state index in [0.29, 0.717) is 54.7 Å². The van der Waals surface area contributed by atoms with Crippen LogP contribution in [0.25, 0.3) is 27.7 Å². The van der Waals surface area contributed by atoms with Crippen LogP contribution >= 0.6 is 0 Å². The Morgan fingerprint density at radius 1 is 1.22 bits per heavy atom. The van der Waals surface area contributed by atoms with Crippen molar-refractivity contribution in [2.45, 2.75) is 44.1 Å². The van der Waals surface area contributed by atoms with E-state index in [2.05, 4.69) is 30.6 Å². The van der Waals surface area contributed by atoms with Crippen molar-refractivity contribution in [2.75, 3.05) is 38.7 Å². The lowest BCUT2D eigenvalue weighted by atomic mass is 10.0. The van der Waals surface area contributed by atoms with E-state index >= 15 is 0 Å². The average molecular weight is 517 g/mol. The van der Waals surface area contributed by atoms with Crippen molar-refractivity contribution in [3.05, 3.63) is 30.5 Å². The third-order valence-corrected chi connectivity index (χ3v) is 7.23. The maximum atomic E-state index is 15.0. The largest absolute Gasteiger partial charge is 0.479 e. The SMILES string of the molecule is COc1nc(N[C@H]2CCN(C3COC3)C[C@H]2F)nn2ccc(-c3ccc4nnn([C@@H](C)C(F)F)c4c3)c12. The fourth-order valence-electron chi connectivity index (χ4n) is 4.96. The number of anilines is 1. The van der Waals surface area contributed by atoms with E-state index in [0.717, 1.165) is 17.7 Å². The number of hydrogen-bond donors (Lipinski definition) is 1. The van der Waals surface area contributed by atoms with Gasteiger partial charge in [-0.3, -0.25) is 4.90 Å². The molecule has 0 radical (unpaired) electrons. The molecule has 2 aliphatic heterocycles. The number of ether oxygens (including phenoxy) is 2. The van der Waals surface area contributed by atoms with Crippen LogP contribution in [0.15, 0.2) is 30.5 Å². The molecule has 5 heterocycles. The molecule has 0 unspecified atom stereocenters. The molecule has 2 saturated heterocycles. The lowest BCUT2D eigenvalue weighted by Gasteiger charge is -2.42. The number of alkyl halides is 3. The number of rotatable bonds is 7. The van der Waals surface area contributed by atoms with Crippen LogP contribution in [0.4, 0.5) is 19.1 Å². The van der Waals surface area contributed by atoms with E-state index < -0.39 is 24.7 Å². The molecule has 0 amide bonds. The van der Waals surface area contributed by atoms with Crippen molar-refractivity contribution < 1.29 is 22.6 Å². The first-order chi connectivity index (χ1) is 17.9. The predicted molar refractivity (Wildman–Crippen MR) is 130 cm³/mol. The first-order valence-corrected chi connectivity index (χ1v) is 12.2. The minimum atomic E-state index is -2.58. The molecule has 10 nitrogen and oxygen atoms in total. The summed E-state index contributed by atoms with van der Waals surface area (Å²) in [7, 11) is 1.51. The minimum absolute atomic E-state index is 0.267. The van der Waals surface area contributed by atoms with Gasteiger partial charge >= 0.3 is 0 Å². The first-order valence-electron chi connectivity index (χ1n) is 12.2. The molecular weight excluding hydrogens is 489 g/mol. The molecule has 2 fully saturated rings. The van der Waals surface area contributed by atoms with Crippen molar-refractivity contribution in [2.24, 2.45) is 0 Å². The topological polar surface area (TPSA) is 94.6 Å². The summed E-state index contributed by atoms with van der Waals surface area (Å²) in [6.45, 7) is 3.84. The van der Waals surface area contributed by atoms with Gasteiger partial charge in [0.15, 0.2) is 0 Å². The number of nitrogens with zero attached hydrogens (tertiary/aromatic N) is 7. The molecule has 3 atom stereocenters. The highest BCUT2D eigenvalue weighted by Crippen LogP contribution is 2.34. The summed E-state index contributed by atoms with van der Waals surface area (Å²) in [5, 5.41) is 15.6. The maximum absolute atomic E-state index is 15.0. The van der Waals surface area contributed by atoms with E-state index in [4.69, 9.17) is 9.47 Å². The van der Waals surface area contributed by atoms with Gasteiger partial charge in [0.1, 0.15) is 23.2 Å². The van der Waals surface area contributed by atoms with Crippen LogP contribution < -0.4 is 10.1 Å². The number of benzene rings is 1. The van der Waals surface area contributed by atoms with E-state index in [9.17, 15) is 13.2 Å². The smallest absolute Gasteiger partial charge is 0.260 e. The second-order valence-corrected chi connectivity index (χ2v) is 9.52. The maximum Gasteiger partial charge on any atom is 0.260 e. The molecule has 196 valence electrons. The number of nitrogens with one attached hydrogen (secondary N) is 1. The van der Waals surface area contributed by atoms with Crippen LogP contribution in [0.2, 0.25) is 0 Å². The summed E-state index contributed by atoms with van der Waals surface area (Å²) in [4.78, 5) is 6.65. The molecule has 0 aliphatic carbocycles. The number of likely N-dealkylation sites (tertiary alicyclic amines) is 1. The Labute approximate surface area is 210 Å². The van der Waals surface area contributed by atoms with E-state index in [-0.39, 0.29) is 5.95 Å². The molecule has 0 bridgehead atoms. The van der Waals surface area contributed by atoms with Gasteiger partial charge in [-0.1, -0.05) is 11.3 Å². The first kappa shape index (κ1) is 23.9. The Morgan fingerprint density at radius 2 is 2.05 bits per heavy atom. The fraction of sp³-hybridized carbons (Fsp3) is 0.500. The molecule has 37 heavy (non-hydrogen) atoms. The van der Waals surface area contributed by atoms with Crippen molar-refractivity contribution in [3.8, 4) is 17.0 Å². The highest BCUT2D eigenvalue weighted by molar-refractivity contribution is 5.89. The van der Waals surface area contributed by atoms with Crippen LogP contribution in [0.1, 0.15) is 19.4 Å². The zero-order chi connectivity index (χ0) is 25.7. The van der Waals surface area contributed by atoms with Crippen LogP contribution in [0.3, 0.4) is 0 Å². The van der Waals surface area contributed by atoms with Gasteiger partial charge in [-0.2, -0.15) is 4.98 Å². The van der Waals surface area contributed by atoms with Crippen LogP contribution in [0.5, 0.6) is 5.88 Å². The van der Waals surface area contributed by atoms with Crippen molar-refractivity contribution in [1.29, 1.82) is 0 Å². The molecule has 0 spiro atoms. The monoisotopic (exact) mass is 516 g/mol. The minimum Gasteiger partial charge on any atom is -0.479 e. The van der Waals surface area contributed by atoms with Gasteiger partial charge in [-0.05, 0) is 37.1 Å². The van der Waals surface area contributed by atoms with Gasteiger partial charge in [0.05, 0.1) is 37.9 Å². The number of fused-ring (bicyclic) bond motifs is 2. The number of aromatic nitrogens is 6. The number of hydrogen-bond acceptors (Lipinski definition) is 8. The highest BCUT2D eigenvalue weighted by Gasteiger charge is 2.35. The third-order valence-electron chi connectivity index (χ3n) is 7.23. The van der Waals surface area contributed by atoms with Crippen molar-refractivity contribution >= 4 is 22.5 Å². The average Bonchev–Trinajstić information content (AvgIpc) is 3.47. The zero-order valence-corrected chi connectivity index (χ0v) is 20.4. The molecule has 1 N–H and O–H groups in total. The quantitative estimate of drug-likeness (QED) is 0.400. The van der Waals surface area contributed by atoms with Gasteiger partial charge in [-0.15, -0.1) is 10.2 Å². The molecule has 0 saturated carbocycles. The molecule has 6 rings (SSSR count). The summed E-state index contributed by atoms with van der Waals surface area (Å²) >= 11 is 0. The summed E-state index contributed by atoms with van der Waals surface area (Å²) in [6, 6.07) is 5.96. The van der Waals surface area contributed by atoms with Crippen LogP contribution in [0, 0.1) is 0 Å². The fourth-order valence-corrected chi connectivity index (χ4v) is 4.96. The highest BCUT2D eigenvalue weighted by atomic mass is 19.3. The summed E-state index contributed by atoms with van der Waals surface area (Å²) in [5.74, 6) is 0.577. The Balaban J connectivity index is 1.29. The van der Waals surface area contributed by atoms with Gasteiger partial charge < -0.3 is 14.8 Å². The van der Waals surface area contributed by atoms with Crippen LogP contribution in [-0.4, -0.2) is 92.6 Å². The molecule has 2 aliphatic rings. The zero-order valence-electron chi connectivity index (χ0n) is 20.4. The lowest BCUT2D eigenvalue weighted by Crippen LogP contribution is -2.57. The molecule has 3 aromatic heterocycles. The van der Waals surface area contributed by atoms with E-state index in [1.807, 2.05) is 12.1 Å². The second kappa shape index (κ2) is 9.45. The lowest BCUT2D eigenvalue weighted by molar-refractivity contribution is -0.0794. The predicted octanol–water partition coefficient (Wildman–Crippen LogP) is 3.20.